The Morgan fingerprint density at radius 3 is 2.50 bits per heavy atom. The van der Waals surface area contributed by atoms with Crippen molar-refractivity contribution in [3.8, 4) is 0 Å². The highest BCUT2D eigenvalue weighted by molar-refractivity contribution is 5.87. The van der Waals surface area contributed by atoms with Crippen molar-refractivity contribution in [2.75, 3.05) is 0 Å². The van der Waals surface area contributed by atoms with Gasteiger partial charge in [-0.05, 0) is 31.6 Å². The summed E-state index contributed by atoms with van der Waals surface area (Å²) in [5.41, 5.74) is 0.210. The van der Waals surface area contributed by atoms with Crippen molar-refractivity contribution in [2.24, 2.45) is 10.8 Å². The number of hydrogen-bond donors (Lipinski definition) is 0. The molecule has 12 heavy (non-hydrogen) atoms. The van der Waals surface area contributed by atoms with Crippen LogP contribution in [0.5, 0.6) is 0 Å². The normalized spacial score (nSPS) is 46.3. The van der Waals surface area contributed by atoms with E-state index in [0.29, 0.717) is 11.2 Å². The van der Waals surface area contributed by atoms with Gasteiger partial charge in [-0.1, -0.05) is 19.1 Å². The van der Waals surface area contributed by atoms with E-state index in [1.807, 2.05) is 0 Å². The quantitative estimate of drug-likeness (QED) is 0.503. The molecule has 0 aromatic carbocycles. The van der Waals surface area contributed by atoms with Gasteiger partial charge in [0.25, 0.3) is 0 Å². The molecule has 0 N–H and O–H groups in total. The first-order valence-corrected chi connectivity index (χ1v) is 4.78. The Balaban J connectivity index is 2.40. The fraction of sp³-hybridized carbons (Fsp3) is 0.727. The van der Waals surface area contributed by atoms with E-state index in [0.717, 1.165) is 19.3 Å². The molecule has 0 aliphatic heterocycles. The van der Waals surface area contributed by atoms with Crippen LogP contribution in [0.15, 0.2) is 12.2 Å². The largest absolute Gasteiger partial charge is 0.299 e. The zero-order valence-corrected chi connectivity index (χ0v) is 7.89. The minimum absolute atomic E-state index is 0.115. The van der Waals surface area contributed by atoms with E-state index in [2.05, 4.69) is 26.0 Å². The molecule has 0 aromatic rings. The van der Waals surface area contributed by atoms with Crippen molar-refractivity contribution in [1.82, 2.24) is 0 Å². The first kappa shape index (κ1) is 8.03. The molecule has 2 bridgehead atoms. The highest BCUT2D eigenvalue weighted by atomic mass is 16.1. The van der Waals surface area contributed by atoms with E-state index < -0.39 is 0 Å². The van der Waals surface area contributed by atoms with Gasteiger partial charge in [0.15, 0.2) is 0 Å². The van der Waals surface area contributed by atoms with Crippen LogP contribution in [0, 0.1) is 10.8 Å². The van der Waals surface area contributed by atoms with Crippen LogP contribution in [0.3, 0.4) is 0 Å². The second-order valence-corrected chi connectivity index (χ2v) is 4.83. The van der Waals surface area contributed by atoms with E-state index in [9.17, 15) is 4.79 Å². The van der Waals surface area contributed by atoms with Crippen LogP contribution < -0.4 is 0 Å². The summed E-state index contributed by atoms with van der Waals surface area (Å²) < 4.78 is 0. The summed E-state index contributed by atoms with van der Waals surface area (Å²) in [4.78, 5) is 11.7. The molecule has 3 aliphatic rings. The monoisotopic (exact) mass is 164 g/mol. The third kappa shape index (κ3) is 1.03. The van der Waals surface area contributed by atoms with Gasteiger partial charge in [-0.25, -0.2) is 0 Å². The molecule has 1 fully saturated rings. The molecule has 0 spiro atoms. The van der Waals surface area contributed by atoms with Crippen molar-refractivity contribution in [1.29, 1.82) is 0 Å². The van der Waals surface area contributed by atoms with E-state index in [-0.39, 0.29) is 5.41 Å². The molecule has 1 saturated carbocycles. The topological polar surface area (TPSA) is 17.1 Å². The van der Waals surface area contributed by atoms with Crippen LogP contribution >= 0.6 is 0 Å². The molecule has 0 saturated heterocycles. The molecule has 3 rings (SSSR count). The van der Waals surface area contributed by atoms with Crippen molar-refractivity contribution in [2.45, 2.75) is 39.5 Å². The van der Waals surface area contributed by atoms with E-state index >= 15 is 0 Å². The number of Topliss-reactive ketones (excluding diaryl/α,β-unsaturated/α-hetero) is 1. The zero-order chi connectivity index (χ0) is 8.82. The summed E-state index contributed by atoms with van der Waals surface area (Å²) in [6, 6.07) is 0. The molecule has 1 heteroatoms. The predicted octanol–water partition coefficient (Wildman–Crippen LogP) is 2.71. The molecule has 0 unspecified atom stereocenters. The van der Waals surface area contributed by atoms with Crippen LogP contribution in [0.25, 0.3) is 0 Å². The first-order chi connectivity index (χ1) is 5.54. The Bertz CT molecular complexity index is 254. The Hall–Kier alpha value is -0.590. The van der Waals surface area contributed by atoms with Crippen molar-refractivity contribution < 1.29 is 4.79 Å². The van der Waals surface area contributed by atoms with Gasteiger partial charge in [-0.2, -0.15) is 0 Å². The van der Waals surface area contributed by atoms with Gasteiger partial charge in [-0.3, -0.25) is 4.79 Å². The number of carbonyl (C=O) groups is 1. The number of fused-ring (bicyclic) bond motifs is 3. The fourth-order valence-electron chi connectivity index (χ4n) is 2.22. The maximum Gasteiger partial charge on any atom is 0.142 e. The van der Waals surface area contributed by atoms with E-state index in [1.165, 1.54) is 6.42 Å². The molecule has 0 radical (unpaired) electrons. The summed E-state index contributed by atoms with van der Waals surface area (Å²) in [6.07, 6.45) is 8.48. The highest BCUT2D eigenvalue weighted by Crippen LogP contribution is 2.47. The van der Waals surface area contributed by atoms with Crippen molar-refractivity contribution in [3.63, 3.8) is 0 Å². The Kier molecular flexibility index (Phi) is 1.48. The van der Waals surface area contributed by atoms with Gasteiger partial charge in [-0.15, -0.1) is 0 Å². The molecule has 0 amide bonds. The lowest BCUT2D eigenvalue weighted by molar-refractivity contribution is -0.125. The Morgan fingerprint density at radius 1 is 1.17 bits per heavy atom. The predicted molar refractivity (Wildman–Crippen MR) is 48.8 cm³/mol. The maximum absolute atomic E-state index is 11.7. The molecule has 0 aromatic heterocycles. The number of ketones is 1. The third-order valence-corrected chi connectivity index (χ3v) is 3.63. The summed E-state index contributed by atoms with van der Waals surface area (Å²) in [6.45, 7) is 4.35. The molecule has 1 nitrogen and oxygen atoms in total. The molecular formula is C11H16O. The molecule has 2 atom stereocenters. The number of rotatable bonds is 0. The molecule has 66 valence electrons. The Labute approximate surface area is 73.8 Å². The number of carbonyl (C=O) groups excluding carboxylic acids is 1. The van der Waals surface area contributed by atoms with Crippen molar-refractivity contribution >= 4 is 5.78 Å². The summed E-state index contributed by atoms with van der Waals surface area (Å²) in [5, 5.41) is 0. The van der Waals surface area contributed by atoms with E-state index in [4.69, 9.17) is 0 Å². The lowest BCUT2D eigenvalue weighted by Crippen LogP contribution is -2.26. The first-order valence-electron chi connectivity index (χ1n) is 4.78. The zero-order valence-electron chi connectivity index (χ0n) is 7.89. The van der Waals surface area contributed by atoms with Gasteiger partial charge in [0.05, 0.1) is 0 Å². The van der Waals surface area contributed by atoms with Crippen LogP contribution in [0.2, 0.25) is 0 Å². The minimum Gasteiger partial charge on any atom is -0.299 e. The Morgan fingerprint density at radius 2 is 1.92 bits per heavy atom. The smallest absolute Gasteiger partial charge is 0.142 e. The van der Waals surface area contributed by atoms with Crippen LogP contribution in [-0.4, -0.2) is 5.78 Å². The van der Waals surface area contributed by atoms with Crippen LogP contribution in [0.4, 0.5) is 0 Å². The highest BCUT2D eigenvalue weighted by Gasteiger charge is 2.41. The summed E-state index contributed by atoms with van der Waals surface area (Å²) in [7, 11) is 0. The average molecular weight is 164 g/mol. The second-order valence-electron chi connectivity index (χ2n) is 4.83. The fourth-order valence-corrected chi connectivity index (χ4v) is 2.22. The van der Waals surface area contributed by atoms with E-state index in [1.54, 1.807) is 0 Å². The SMILES string of the molecule is C[C@]12C=C[C@](C)(CC1)C(=O)CC2. The molecular weight excluding hydrogens is 148 g/mol. The van der Waals surface area contributed by atoms with Gasteiger partial charge in [0.2, 0.25) is 0 Å². The van der Waals surface area contributed by atoms with Gasteiger partial charge < -0.3 is 0 Å². The maximum atomic E-state index is 11.7. The van der Waals surface area contributed by atoms with Gasteiger partial charge >= 0.3 is 0 Å². The standard InChI is InChI=1S/C11H16O/c1-10-4-3-9(12)11(2,7-5-10)8-6-10/h5,7H,3-4,6,8H2,1-2H3/t10-,11+/m0/s1. The lowest BCUT2D eigenvalue weighted by atomic mass is 9.72. The van der Waals surface area contributed by atoms with Crippen LogP contribution in [0.1, 0.15) is 39.5 Å². The molecule has 3 aliphatic carbocycles. The minimum atomic E-state index is -0.115. The summed E-state index contributed by atoms with van der Waals surface area (Å²) in [5.74, 6) is 0.444. The van der Waals surface area contributed by atoms with Crippen molar-refractivity contribution in [3.05, 3.63) is 12.2 Å². The number of allylic oxidation sites excluding steroid dienone is 2. The second kappa shape index (κ2) is 2.21. The number of hydrogen-bond acceptors (Lipinski definition) is 1. The van der Waals surface area contributed by atoms with Gasteiger partial charge in [0.1, 0.15) is 5.78 Å². The average Bonchev–Trinajstić information content (AvgIpc) is 2.22. The third-order valence-electron chi connectivity index (χ3n) is 3.63. The van der Waals surface area contributed by atoms with Gasteiger partial charge in [0, 0.05) is 11.8 Å². The molecule has 0 heterocycles. The van der Waals surface area contributed by atoms with Crippen LogP contribution in [-0.2, 0) is 4.79 Å². The lowest BCUT2D eigenvalue weighted by Gasteiger charge is -2.31. The summed E-state index contributed by atoms with van der Waals surface area (Å²) >= 11 is 0.